The lowest BCUT2D eigenvalue weighted by Crippen LogP contribution is -2.56. The Morgan fingerprint density at radius 1 is 1.24 bits per heavy atom. The van der Waals surface area contributed by atoms with E-state index in [1.807, 2.05) is 19.9 Å². The highest BCUT2D eigenvalue weighted by Crippen LogP contribution is 2.78. The number of nitrogens with zero attached hydrogens (tertiary/aromatic N) is 1. The molecule has 1 spiro atoms. The molecule has 4 fully saturated rings. The third kappa shape index (κ3) is 2.04. The van der Waals surface area contributed by atoms with Crippen molar-refractivity contribution in [2.45, 2.75) is 71.2 Å². The van der Waals surface area contributed by atoms with Crippen LogP contribution >= 0.6 is 0 Å². The second-order valence-electron chi connectivity index (χ2n) is 11.4. The summed E-state index contributed by atoms with van der Waals surface area (Å²) in [6.45, 7) is 9.49. The summed E-state index contributed by atoms with van der Waals surface area (Å²) in [5.41, 5.74) is 2.41. The van der Waals surface area contributed by atoms with Gasteiger partial charge in [0.05, 0.1) is 18.6 Å². The Labute approximate surface area is 173 Å². The average Bonchev–Trinajstić information content (AvgIpc) is 3.33. The lowest BCUT2D eigenvalue weighted by molar-refractivity contribution is -0.198. The van der Waals surface area contributed by atoms with Crippen LogP contribution in [0, 0.1) is 51.8 Å². The van der Waals surface area contributed by atoms with E-state index in [9.17, 15) is 10.1 Å². The first kappa shape index (κ1) is 18.3. The number of ketones is 1. The van der Waals surface area contributed by atoms with E-state index in [0.29, 0.717) is 30.8 Å². The van der Waals surface area contributed by atoms with E-state index in [2.05, 4.69) is 26.0 Å². The van der Waals surface area contributed by atoms with Crippen LogP contribution in [-0.2, 0) is 14.3 Å². The summed E-state index contributed by atoms with van der Waals surface area (Å²) in [5, 5.41) is 10.2. The molecule has 3 saturated carbocycles. The fraction of sp³-hybridized carbons (Fsp3) is 0.760. The molecule has 29 heavy (non-hydrogen) atoms. The number of nitriles is 1. The van der Waals surface area contributed by atoms with Crippen molar-refractivity contribution >= 4 is 5.78 Å². The highest BCUT2D eigenvalue weighted by Gasteiger charge is 2.79. The number of hydrogen-bond acceptors (Lipinski definition) is 4. The minimum Gasteiger partial charge on any atom is -0.347 e. The molecule has 0 amide bonds. The minimum absolute atomic E-state index is 0.0136. The summed E-state index contributed by atoms with van der Waals surface area (Å²) < 4.78 is 12.9. The van der Waals surface area contributed by atoms with Gasteiger partial charge >= 0.3 is 0 Å². The summed E-state index contributed by atoms with van der Waals surface area (Å²) >= 11 is 0. The van der Waals surface area contributed by atoms with Crippen LogP contribution in [0.2, 0.25) is 0 Å². The monoisotopic (exact) mass is 393 g/mol. The molecule has 6 aliphatic rings. The van der Waals surface area contributed by atoms with Gasteiger partial charge < -0.3 is 9.47 Å². The third-order valence-corrected chi connectivity index (χ3v) is 9.75. The first-order chi connectivity index (χ1) is 13.7. The van der Waals surface area contributed by atoms with Gasteiger partial charge in [0.2, 0.25) is 0 Å². The Bertz CT molecular complexity index is 925. The van der Waals surface area contributed by atoms with Crippen LogP contribution in [0.1, 0.15) is 59.8 Å². The maximum absolute atomic E-state index is 12.1. The SMILES string of the molecule is CC1(C)OC[C@]2(O1)[C@H]1C[C@H]1C1C3C(=CC[C@@]12C)[C@@]1(C)CCC(=O)C=C1C[C@H]3C#N. The molecule has 4 nitrogen and oxygen atoms in total. The molecular weight excluding hydrogens is 362 g/mol. The van der Waals surface area contributed by atoms with Gasteiger partial charge in [0.25, 0.3) is 0 Å². The molecule has 0 N–H and O–H groups in total. The van der Waals surface area contributed by atoms with E-state index >= 15 is 0 Å². The molecule has 5 aliphatic carbocycles. The van der Waals surface area contributed by atoms with E-state index < -0.39 is 5.79 Å². The summed E-state index contributed by atoms with van der Waals surface area (Å²) in [7, 11) is 0. The second-order valence-corrected chi connectivity index (χ2v) is 11.4. The normalized spacial score (nSPS) is 53.9. The molecular formula is C25H31NO3. The third-order valence-electron chi connectivity index (χ3n) is 9.75. The zero-order valence-electron chi connectivity index (χ0n) is 18.0. The quantitative estimate of drug-likeness (QED) is 0.566. The Morgan fingerprint density at radius 2 is 2.03 bits per heavy atom. The molecule has 0 radical (unpaired) electrons. The van der Waals surface area contributed by atoms with Gasteiger partial charge in [-0.2, -0.15) is 5.26 Å². The van der Waals surface area contributed by atoms with Gasteiger partial charge in [0.15, 0.2) is 11.6 Å². The van der Waals surface area contributed by atoms with Gasteiger partial charge in [-0.25, -0.2) is 0 Å². The topological polar surface area (TPSA) is 59.3 Å². The maximum atomic E-state index is 12.1. The standard InChI is InChI=1S/C25H31NO3/c1-22(2)28-13-25(29-22)19-11-17(19)21-20-14(12-26)9-15-10-16(27)5-7-23(15,3)18(20)6-8-24(21,25)4/h6,10,14,17,19-21H,5,7-9,11,13H2,1-4H3/t14-,17+,19-,20?,21?,23-,24-,25-/m0/s1. The van der Waals surface area contributed by atoms with Crippen molar-refractivity contribution < 1.29 is 14.3 Å². The molecule has 1 saturated heterocycles. The fourth-order valence-corrected chi connectivity index (χ4v) is 8.31. The van der Waals surface area contributed by atoms with Crippen LogP contribution in [0.25, 0.3) is 0 Å². The van der Waals surface area contributed by atoms with Crippen LogP contribution in [0.4, 0.5) is 0 Å². The van der Waals surface area contributed by atoms with Crippen molar-refractivity contribution in [1.82, 2.24) is 0 Å². The van der Waals surface area contributed by atoms with Gasteiger partial charge in [-0.05, 0) is 63.4 Å². The molecule has 0 aromatic rings. The molecule has 4 heteroatoms. The van der Waals surface area contributed by atoms with Gasteiger partial charge in [-0.1, -0.05) is 31.1 Å². The largest absolute Gasteiger partial charge is 0.347 e. The Morgan fingerprint density at radius 3 is 2.72 bits per heavy atom. The molecule has 6 rings (SSSR count). The van der Waals surface area contributed by atoms with Gasteiger partial charge in [0, 0.05) is 23.2 Å². The number of carbonyl (C=O) groups is 1. The molecule has 8 atom stereocenters. The number of fused-ring (bicyclic) bond motifs is 9. The highest BCUT2D eigenvalue weighted by atomic mass is 16.8. The number of ether oxygens (including phenoxy) is 2. The predicted octanol–water partition coefficient (Wildman–Crippen LogP) is 4.57. The molecule has 154 valence electrons. The number of rotatable bonds is 0. The van der Waals surface area contributed by atoms with Crippen molar-refractivity contribution in [1.29, 1.82) is 5.26 Å². The van der Waals surface area contributed by atoms with Gasteiger partial charge in [-0.15, -0.1) is 0 Å². The smallest absolute Gasteiger partial charge is 0.163 e. The second kappa shape index (κ2) is 5.24. The van der Waals surface area contributed by atoms with E-state index in [1.54, 1.807) is 0 Å². The van der Waals surface area contributed by atoms with Gasteiger partial charge in [0.1, 0.15) is 5.60 Å². The van der Waals surface area contributed by atoms with Crippen LogP contribution in [0.15, 0.2) is 23.3 Å². The molecule has 0 bridgehead atoms. The van der Waals surface area contributed by atoms with Crippen molar-refractivity contribution in [2.24, 2.45) is 40.4 Å². The molecule has 0 aromatic heterocycles. The Hall–Kier alpha value is -1.44. The zero-order valence-corrected chi connectivity index (χ0v) is 18.0. The van der Waals surface area contributed by atoms with Crippen LogP contribution in [0.5, 0.6) is 0 Å². The average molecular weight is 394 g/mol. The minimum atomic E-state index is -0.526. The molecule has 2 unspecified atom stereocenters. The first-order valence-corrected chi connectivity index (χ1v) is 11.3. The number of carbonyl (C=O) groups excluding carboxylic acids is 1. The summed E-state index contributed by atoms with van der Waals surface area (Å²) in [4.78, 5) is 12.1. The lowest BCUT2D eigenvalue weighted by Gasteiger charge is -2.57. The number of hydrogen-bond donors (Lipinski definition) is 0. The first-order valence-electron chi connectivity index (χ1n) is 11.3. The van der Waals surface area contributed by atoms with Crippen molar-refractivity contribution in [3.63, 3.8) is 0 Å². The van der Waals surface area contributed by atoms with Crippen LogP contribution in [-0.4, -0.2) is 23.8 Å². The van der Waals surface area contributed by atoms with E-state index in [-0.39, 0.29) is 34.1 Å². The van der Waals surface area contributed by atoms with E-state index in [1.165, 1.54) is 17.6 Å². The zero-order chi connectivity index (χ0) is 20.4. The van der Waals surface area contributed by atoms with Crippen LogP contribution in [0.3, 0.4) is 0 Å². The van der Waals surface area contributed by atoms with Crippen molar-refractivity contribution in [3.05, 3.63) is 23.3 Å². The fourth-order valence-electron chi connectivity index (χ4n) is 8.31. The Kier molecular flexibility index (Phi) is 3.31. The Balaban J connectivity index is 1.49. The summed E-state index contributed by atoms with van der Waals surface area (Å²) in [6.07, 6.45) is 8.80. The highest BCUT2D eigenvalue weighted by molar-refractivity contribution is 5.92. The van der Waals surface area contributed by atoms with Gasteiger partial charge in [-0.3, -0.25) is 4.79 Å². The number of allylic oxidation sites excluding steroid dienone is 4. The van der Waals surface area contributed by atoms with E-state index in [4.69, 9.17) is 9.47 Å². The summed E-state index contributed by atoms with van der Waals surface area (Å²) in [5.74, 6) is 1.63. The van der Waals surface area contributed by atoms with Crippen molar-refractivity contribution in [2.75, 3.05) is 6.61 Å². The molecule has 0 aromatic carbocycles. The van der Waals surface area contributed by atoms with Crippen LogP contribution < -0.4 is 0 Å². The van der Waals surface area contributed by atoms with Crippen molar-refractivity contribution in [3.8, 4) is 6.07 Å². The molecule has 1 aliphatic heterocycles. The predicted molar refractivity (Wildman–Crippen MR) is 107 cm³/mol. The lowest BCUT2D eigenvalue weighted by atomic mass is 9.47. The summed E-state index contributed by atoms with van der Waals surface area (Å²) in [6, 6.07) is 2.67. The van der Waals surface area contributed by atoms with E-state index in [0.717, 1.165) is 19.3 Å². The maximum Gasteiger partial charge on any atom is 0.163 e. The molecule has 1 heterocycles.